The van der Waals surface area contributed by atoms with Crippen LogP contribution in [0.4, 0.5) is 4.39 Å². The van der Waals surface area contributed by atoms with Crippen molar-refractivity contribution in [3.05, 3.63) is 65.5 Å². The average Bonchev–Trinajstić information content (AvgIpc) is 2.80. The van der Waals surface area contributed by atoms with Gasteiger partial charge in [-0.25, -0.2) is 4.39 Å². The van der Waals surface area contributed by atoms with E-state index in [9.17, 15) is 4.39 Å². The van der Waals surface area contributed by atoms with Crippen LogP contribution in [0.3, 0.4) is 0 Å². The standard InChI is InChI=1S/C15H14FNS/c16-12-5-3-4-11(8-12)9-17-14-10-18-15-7-2-1-6-13(14)15/h1-8,14,17H,9-10H2. The van der Waals surface area contributed by atoms with Gasteiger partial charge in [-0.05, 0) is 29.3 Å². The van der Waals surface area contributed by atoms with Crippen molar-refractivity contribution in [1.29, 1.82) is 0 Å². The second-order valence-electron chi connectivity index (χ2n) is 4.41. The summed E-state index contributed by atoms with van der Waals surface area (Å²) in [7, 11) is 0. The second kappa shape index (κ2) is 5.12. The van der Waals surface area contributed by atoms with Crippen molar-refractivity contribution in [2.24, 2.45) is 0 Å². The molecule has 1 heterocycles. The lowest BCUT2D eigenvalue weighted by atomic mass is 10.1. The maximum Gasteiger partial charge on any atom is 0.123 e. The van der Waals surface area contributed by atoms with Crippen molar-refractivity contribution >= 4 is 11.8 Å². The Morgan fingerprint density at radius 3 is 2.94 bits per heavy atom. The van der Waals surface area contributed by atoms with Crippen LogP contribution in [0.15, 0.2) is 53.4 Å². The number of fused-ring (bicyclic) bond motifs is 1. The van der Waals surface area contributed by atoms with Gasteiger partial charge < -0.3 is 5.32 Å². The van der Waals surface area contributed by atoms with Gasteiger partial charge in [0.05, 0.1) is 0 Å². The highest BCUT2D eigenvalue weighted by Crippen LogP contribution is 2.37. The van der Waals surface area contributed by atoms with Gasteiger partial charge in [0.2, 0.25) is 0 Å². The summed E-state index contributed by atoms with van der Waals surface area (Å²) < 4.78 is 13.1. The van der Waals surface area contributed by atoms with Gasteiger partial charge in [0, 0.05) is 23.2 Å². The van der Waals surface area contributed by atoms with Crippen LogP contribution in [0.2, 0.25) is 0 Å². The van der Waals surface area contributed by atoms with Gasteiger partial charge in [-0.2, -0.15) is 0 Å². The third-order valence-corrected chi connectivity index (χ3v) is 4.32. The summed E-state index contributed by atoms with van der Waals surface area (Å²) >= 11 is 1.88. The molecule has 0 aliphatic carbocycles. The highest BCUT2D eigenvalue weighted by Gasteiger charge is 2.21. The van der Waals surface area contributed by atoms with E-state index >= 15 is 0 Å². The number of hydrogen-bond acceptors (Lipinski definition) is 2. The van der Waals surface area contributed by atoms with Crippen LogP contribution in [0, 0.1) is 5.82 Å². The van der Waals surface area contributed by atoms with Crippen molar-refractivity contribution < 1.29 is 4.39 Å². The predicted octanol–water partition coefficient (Wildman–Crippen LogP) is 3.76. The molecule has 0 radical (unpaired) electrons. The zero-order valence-corrected chi connectivity index (χ0v) is 10.7. The van der Waals surface area contributed by atoms with Crippen LogP contribution in [0.1, 0.15) is 17.2 Å². The molecule has 1 aliphatic rings. The highest BCUT2D eigenvalue weighted by molar-refractivity contribution is 7.99. The second-order valence-corrected chi connectivity index (χ2v) is 5.47. The quantitative estimate of drug-likeness (QED) is 0.900. The Balaban J connectivity index is 1.69. The molecule has 0 bridgehead atoms. The van der Waals surface area contributed by atoms with E-state index in [-0.39, 0.29) is 5.82 Å². The molecule has 2 aromatic carbocycles. The molecule has 0 aromatic heterocycles. The molecule has 18 heavy (non-hydrogen) atoms. The molecule has 92 valence electrons. The Morgan fingerprint density at radius 2 is 2.06 bits per heavy atom. The fourth-order valence-corrected chi connectivity index (χ4v) is 3.42. The van der Waals surface area contributed by atoms with Gasteiger partial charge in [-0.1, -0.05) is 30.3 Å². The van der Waals surface area contributed by atoms with Gasteiger partial charge in [-0.15, -0.1) is 11.8 Å². The van der Waals surface area contributed by atoms with Crippen LogP contribution in [0.25, 0.3) is 0 Å². The molecular weight excluding hydrogens is 245 g/mol. The molecule has 1 nitrogen and oxygen atoms in total. The molecule has 0 saturated heterocycles. The summed E-state index contributed by atoms with van der Waals surface area (Å²) in [6, 6.07) is 15.6. The SMILES string of the molecule is Fc1cccc(CNC2CSc3ccccc32)c1. The lowest BCUT2D eigenvalue weighted by Crippen LogP contribution is -2.20. The smallest absolute Gasteiger partial charge is 0.123 e. The maximum absolute atomic E-state index is 13.1. The van der Waals surface area contributed by atoms with E-state index < -0.39 is 0 Å². The summed E-state index contributed by atoms with van der Waals surface area (Å²) in [4.78, 5) is 1.36. The molecule has 3 rings (SSSR count). The van der Waals surface area contributed by atoms with E-state index in [1.165, 1.54) is 16.5 Å². The largest absolute Gasteiger partial charge is 0.305 e. The van der Waals surface area contributed by atoms with Crippen molar-refractivity contribution in [2.75, 3.05) is 5.75 Å². The number of hydrogen-bond donors (Lipinski definition) is 1. The Hall–Kier alpha value is -1.32. The zero-order valence-electron chi connectivity index (χ0n) is 9.90. The lowest BCUT2D eigenvalue weighted by molar-refractivity contribution is 0.577. The molecule has 2 aromatic rings. The number of benzene rings is 2. The lowest BCUT2D eigenvalue weighted by Gasteiger charge is -2.13. The first kappa shape index (κ1) is 11.8. The molecule has 1 unspecified atom stereocenters. The minimum absolute atomic E-state index is 0.171. The highest BCUT2D eigenvalue weighted by atomic mass is 32.2. The van der Waals surface area contributed by atoms with E-state index in [1.807, 2.05) is 17.8 Å². The number of nitrogens with one attached hydrogen (secondary N) is 1. The Labute approximate surface area is 110 Å². The van der Waals surface area contributed by atoms with Gasteiger partial charge in [0.1, 0.15) is 5.82 Å². The Bertz CT molecular complexity index is 556. The summed E-state index contributed by atoms with van der Waals surface area (Å²) in [6.07, 6.45) is 0. The van der Waals surface area contributed by atoms with Crippen molar-refractivity contribution in [3.8, 4) is 0 Å². The molecular formula is C15H14FNS. The third-order valence-electron chi connectivity index (χ3n) is 3.14. The third kappa shape index (κ3) is 2.42. The molecule has 0 fully saturated rings. The summed E-state index contributed by atoms with van der Waals surface area (Å²) in [5, 5.41) is 3.49. The van der Waals surface area contributed by atoms with Gasteiger partial charge in [-0.3, -0.25) is 0 Å². The minimum atomic E-state index is -0.171. The molecule has 3 heteroatoms. The number of rotatable bonds is 3. The van der Waals surface area contributed by atoms with Gasteiger partial charge >= 0.3 is 0 Å². The topological polar surface area (TPSA) is 12.0 Å². The average molecular weight is 259 g/mol. The normalized spacial score (nSPS) is 17.7. The van der Waals surface area contributed by atoms with E-state index in [2.05, 4.69) is 29.6 Å². The van der Waals surface area contributed by atoms with Gasteiger partial charge in [0.15, 0.2) is 0 Å². The van der Waals surface area contributed by atoms with E-state index in [4.69, 9.17) is 0 Å². The monoisotopic (exact) mass is 259 g/mol. The molecule has 0 saturated carbocycles. The van der Waals surface area contributed by atoms with Crippen molar-refractivity contribution in [2.45, 2.75) is 17.5 Å². The van der Waals surface area contributed by atoms with E-state index in [0.29, 0.717) is 12.6 Å². The first-order chi connectivity index (χ1) is 8.83. The Kier molecular flexibility index (Phi) is 3.35. The van der Waals surface area contributed by atoms with Crippen molar-refractivity contribution in [1.82, 2.24) is 5.32 Å². The molecule has 1 aliphatic heterocycles. The molecule has 1 N–H and O–H groups in total. The van der Waals surface area contributed by atoms with Gasteiger partial charge in [0.25, 0.3) is 0 Å². The fourth-order valence-electron chi connectivity index (χ4n) is 2.22. The molecule has 0 amide bonds. The summed E-state index contributed by atoms with van der Waals surface area (Å²) in [6.45, 7) is 0.706. The minimum Gasteiger partial charge on any atom is -0.305 e. The van der Waals surface area contributed by atoms with Crippen LogP contribution < -0.4 is 5.32 Å². The van der Waals surface area contributed by atoms with E-state index in [0.717, 1.165) is 11.3 Å². The van der Waals surface area contributed by atoms with E-state index in [1.54, 1.807) is 12.1 Å². The van der Waals surface area contributed by atoms with Crippen LogP contribution in [-0.4, -0.2) is 5.75 Å². The predicted molar refractivity (Wildman–Crippen MR) is 73.1 cm³/mol. The number of halogens is 1. The van der Waals surface area contributed by atoms with Crippen molar-refractivity contribution in [3.63, 3.8) is 0 Å². The van der Waals surface area contributed by atoms with Crippen LogP contribution in [0.5, 0.6) is 0 Å². The first-order valence-electron chi connectivity index (χ1n) is 6.02. The Morgan fingerprint density at radius 1 is 1.17 bits per heavy atom. The number of thioether (sulfide) groups is 1. The first-order valence-corrected chi connectivity index (χ1v) is 7.01. The zero-order chi connectivity index (χ0) is 12.4. The molecule has 0 spiro atoms. The maximum atomic E-state index is 13.1. The molecule has 1 atom stereocenters. The fraction of sp³-hybridized carbons (Fsp3) is 0.200. The van der Waals surface area contributed by atoms with Crippen LogP contribution in [-0.2, 0) is 6.54 Å². The summed E-state index contributed by atoms with van der Waals surface area (Å²) in [5.74, 6) is 0.879. The summed E-state index contributed by atoms with van der Waals surface area (Å²) in [5.41, 5.74) is 2.35. The van der Waals surface area contributed by atoms with Crippen LogP contribution >= 0.6 is 11.8 Å².